The van der Waals surface area contributed by atoms with Gasteiger partial charge in [0.25, 0.3) is 0 Å². The zero-order valence-corrected chi connectivity index (χ0v) is 9.38. The van der Waals surface area contributed by atoms with Crippen LogP contribution in [0.15, 0.2) is 6.33 Å². The highest BCUT2D eigenvalue weighted by Crippen LogP contribution is 2.18. The SMILES string of the molecule is CC(C)Nc1ncnc2c1CCNCC2. The van der Waals surface area contributed by atoms with Crippen LogP contribution in [0, 0.1) is 0 Å². The number of hydrogen-bond donors (Lipinski definition) is 2. The third-order valence-corrected chi connectivity index (χ3v) is 2.55. The summed E-state index contributed by atoms with van der Waals surface area (Å²) in [5.74, 6) is 1.01. The number of rotatable bonds is 2. The Bertz CT molecular complexity index is 335. The number of nitrogens with zero attached hydrogens (tertiary/aromatic N) is 2. The first-order valence-electron chi connectivity index (χ1n) is 5.57. The predicted molar refractivity (Wildman–Crippen MR) is 61.1 cm³/mol. The molecule has 1 aromatic heterocycles. The van der Waals surface area contributed by atoms with E-state index in [4.69, 9.17) is 0 Å². The van der Waals surface area contributed by atoms with Gasteiger partial charge in [0, 0.05) is 24.6 Å². The van der Waals surface area contributed by atoms with Crippen LogP contribution >= 0.6 is 0 Å². The van der Waals surface area contributed by atoms with Gasteiger partial charge in [-0.1, -0.05) is 0 Å². The van der Waals surface area contributed by atoms with Crippen LogP contribution in [0.5, 0.6) is 0 Å². The van der Waals surface area contributed by atoms with Crippen LogP contribution in [0.1, 0.15) is 25.1 Å². The molecule has 4 nitrogen and oxygen atoms in total. The van der Waals surface area contributed by atoms with Crippen molar-refractivity contribution >= 4 is 5.82 Å². The Morgan fingerprint density at radius 1 is 1.27 bits per heavy atom. The Morgan fingerprint density at radius 3 is 2.87 bits per heavy atom. The Morgan fingerprint density at radius 2 is 2.07 bits per heavy atom. The molecule has 0 spiro atoms. The van der Waals surface area contributed by atoms with Gasteiger partial charge < -0.3 is 10.6 Å². The second-order valence-corrected chi connectivity index (χ2v) is 4.20. The van der Waals surface area contributed by atoms with Gasteiger partial charge >= 0.3 is 0 Å². The van der Waals surface area contributed by atoms with Crippen molar-refractivity contribution < 1.29 is 0 Å². The van der Waals surface area contributed by atoms with Crippen molar-refractivity contribution in [1.82, 2.24) is 15.3 Å². The van der Waals surface area contributed by atoms with Gasteiger partial charge in [0.15, 0.2) is 0 Å². The lowest BCUT2D eigenvalue weighted by Gasteiger charge is -2.14. The molecule has 1 aliphatic rings. The molecule has 2 N–H and O–H groups in total. The van der Waals surface area contributed by atoms with Crippen LogP contribution < -0.4 is 10.6 Å². The molecular formula is C11H18N4. The standard InChI is InChI=1S/C11H18N4/c1-8(2)15-11-9-3-5-12-6-4-10(9)13-7-14-11/h7-8,12H,3-6H2,1-2H3,(H,13,14,15). The predicted octanol–water partition coefficient (Wildman–Crippen LogP) is 0.985. The van der Waals surface area contributed by atoms with Gasteiger partial charge in [-0.05, 0) is 26.8 Å². The fourth-order valence-electron chi connectivity index (χ4n) is 1.87. The highest BCUT2D eigenvalue weighted by molar-refractivity contribution is 5.47. The average Bonchev–Trinajstić information content (AvgIpc) is 2.42. The summed E-state index contributed by atoms with van der Waals surface area (Å²) in [5, 5.41) is 6.76. The second kappa shape index (κ2) is 4.57. The average molecular weight is 206 g/mol. The summed E-state index contributed by atoms with van der Waals surface area (Å²) in [5.41, 5.74) is 2.48. The molecular weight excluding hydrogens is 188 g/mol. The topological polar surface area (TPSA) is 49.8 Å². The monoisotopic (exact) mass is 206 g/mol. The molecule has 82 valence electrons. The van der Waals surface area contributed by atoms with Crippen LogP contribution in [0.25, 0.3) is 0 Å². The lowest BCUT2D eigenvalue weighted by molar-refractivity contribution is 0.708. The first-order chi connectivity index (χ1) is 7.27. The van der Waals surface area contributed by atoms with Gasteiger partial charge in [-0.25, -0.2) is 9.97 Å². The molecule has 1 aromatic rings. The van der Waals surface area contributed by atoms with Gasteiger partial charge in [-0.15, -0.1) is 0 Å². The first kappa shape index (κ1) is 10.4. The number of fused-ring (bicyclic) bond motifs is 1. The van der Waals surface area contributed by atoms with E-state index in [1.165, 1.54) is 11.3 Å². The number of anilines is 1. The third-order valence-electron chi connectivity index (χ3n) is 2.55. The van der Waals surface area contributed by atoms with E-state index in [9.17, 15) is 0 Å². The Kier molecular flexibility index (Phi) is 3.16. The maximum atomic E-state index is 4.36. The zero-order valence-electron chi connectivity index (χ0n) is 9.38. The van der Waals surface area contributed by atoms with Gasteiger partial charge in [-0.3, -0.25) is 0 Å². The molecule has 0 aromatic carbocycles. The van der Waals surface area contributed by atoms with Crippen LogP contribution in [0.4, 0.5) is 5.82 Å². The Labute approximate surface area is 90.5 Å². The summed E-state index contributed by atoms with van der Waals surface area (Å²) in [6.45, 7) is 6.30. The molecule has 2 heterocycles. The van der Waals surface area contributed by atoms with Crippen molar-refractivity contribution in [3.63, 3.8) is 0 Å². The first-order valence-corrected chi connectivity index (χ1v) is 5.57. The molecule has 2 rings (SSSR count). The van der Waals surface area contributed by atoms with Crippen molar-refractivity contribution in [1.29, 1.82) is 0 Å². The van der Waals surface area contributed by atoms with Crippen molar-refractivity contribution in [3.8, 4) is 0 Å². The molecule has 1 aliphatic heterocycles. The molecule has 0 aliphatic carbocycles. The van der Waals surface area contributed by atoms with Crippen molar-refractivity contribution in [2.45, 2.75) is 32.7 Å². The molecule has 0 unspecified atom stereocenters. The van der Waals surface area contributed by atoms with Crippen molar-refractivity contribution in [2.24, 2.45) is 0 Å². The number of nitrogens with one attached hydrogen (secondary N) is 2. The zero-order chi connectivity index (χ0) is 10.7. The molecule has 0 saturated heterocycles. The summed E-state index contributed by atoms with van der Waals surface area (Å²) in [4.78, 5) is 8.68. The van der Waals surface area contributed by atoms with E-state index < -0.39 is 0 Å². The van der Waals surface area contributed by atoms with Crippen molar-refractivity contribution in [3.05, 3.63) is 17.6 Å². The highest BCUT2D eigenvalue weighted by atomic mass is 15.0. The molecule has 15 heavy (non-hydrogen) atoms. The van der Waals surface area contributed by atoms with E-state index in [2.05, 4.69) is 34.4 Å². The summed E-state index contributed by atoms with van der Waals surface area (Å²) < 4.78 is 0. The quantitative estimate of drug-likeness (QED) is 0.757. The maximum absolute atomic E-state index is 4.36. The molecule has 0 fully saturated rings. The molecule has 4 heteroatoms. The summed E-state index contributed by atoms with van der Waals surface area (Å²) in [7, 11) is 0. The number of hydrogen-bond acceptors (Lipinski definition) is 4. The summed E-state index contributed by atoms with van der Waals surface area (Å²) >= 11 is 0. The van der Waals surface area contributed by atoms with Gasteiger partial charge in [0.05, 0.1) is 5.69 Å². The molecule has 0 saturated carbocycles. The maximum Gasteiger partial charge on any atom is 0.133 e. The van der Waals surface area contributed by atoms with Crippen molar-refractivity contribution in [2.75, 3.05) is 18.4 Å². The van der Waals surface area contributed by atoms with E-state index in [1.54, 1.807) is 6.33 Å². The minimum Gasteiger partial charge on any atom is -0.368 e. The normalized spacial score (nSPS) is 15.9. The van der Waals surface area contributed by atoms with Gasteiger partial charge in [0.1, 0.15) is 12.1 Å². The third kappa shape index (κ3) is 2.45. The van der Waals surface area contributed by atoms with Crippen LogP contribution in [-0.2, 0) is 12.8 Å². The van der Waals surface area contributed by atoms with Gasteiger partial charge in [-0.2, -0.15) is 0 Å². The largest absolute Gasteiger partial charge is 0.368 e. The highest BCUT2D eigenvalue weighted by Gasteiger charge is 2.13. The van der Waals surface area contributed by atoms with Crippen LogP contribution in [0.2, 0.25) is 0 Å². The minimum atomic E-state index is 0.417. The molecule has 0 radical (unpaired) electrons. The van der Waals surface area contributed by atoms with Crippen LogP contribution in [0.3, 0.4) is 0 Å². The van der Waals surface area contributed by atoms with Crippen LogP contribution in [-0.4, -0.2) is 29.1 Å². The number of aromatic nitrogens is 2. The van der Waals surface area contributed by atoms with E-state index in [1.807, 2.05) is 0 Å². The minimum absolute atomic E-state index is 0.417. The second-order valence-electron chi connectivity index (χ2n) is 4.20. The van der Waals surface area contributed by atoms with E-state index in [0.717, 1.165) is 31.7 Å². The van der Waals surface area contributed by atoms with E-state index in [0.29, 0.717) is 6.04 Å². The molecule has 0 amide bonds. The Balaban J connectivity index is 2.30. The Hall–Kier alpha value is -1.16. The lowest BCUT2D eigenvalue weighted by Crippen LogP contribution is -2.17. The summed E-state index contributed by atoms with van der Waals surface area (Å²) in [6, 6.07) is 0.417. The lowest BCUT2D eigenvalue weighted by atomic mass is 10.1. The fourth-order valence-corrected chi connectivity index (χ4v) is 1.87. The summed E-state index contributed by atoms with van der Waals surface area (Å²) in [6.07, 6.45) is 3.69. The molecule has 0 bridgehead atoms. The van der Waals surface area contributed by atoms with E-state index >= 15 is 0 Å². The fraction of sp³-hybridized carbons (Fsp3) is 0.636. The smallest absolute Gasteiger partial charge is 0.133 e. The van der Waals surface area contributed by atoms with Gasteiger partial charge in [0.2, 0.25) is 0 Å². The van der Waals surface area contributed by atoms with E-state index in [-0.39, 0.29) is 0 Å². The molecule has 0 atom stereocenters.